The van der Waals surface area contributed by atoms with Gasteiger partial charge in [0.15, 0.2) is 0 Å². The summed E-state index contributed by atoms with van der Waals surface area (Å²) >= 11 is 4.26. The molecule has 0 bridgehead atoms. The molecule has 0 saturated heterocycles. The molecule has 2 aromatic rings. The molecule has 5 nitrogen and oxygen atoms in total. The average Bonchev–Trinajstić information content (AvgIpc) is 2.53. The normalized spacial score (nSPS) is 12.9. The summed E-state index contributed by atoms with van der Waals surface area (Å²) in [6, 6.07) is 14.2. The summed E-state index contributed by atoms with van der Waals surface area (Å²) < 4.78 is 51.4. The summed E-state index contributed by atoms with van der Waals surface area (Å²) in [5.41, 5.74) is 1.30. The highest BCUT2D eigenvalue weighted by atomic mass is 127. The Hall–Kier alpha value is -0.760. The van der Waals surface area contributed by atoms with Crippen LogP contribution in [0.15, 0.2) is 59.3 Å². The summed E-state index contributed by atoms with van der Waals surface area (Å²) in [7, 11) is -8.26. The van der Waals surface area contributed by atoms with Gasteiger partial charge in [-0.2, -0.15) is 0 Å². The van der Waals surface area contributed by atoms with Gasteiger partial charge in [-0.15, -0.1) is 4.13 Å². The minimum atomic E-state index is -4.13. The topological polar surface area (TPSA) is 80.3 Å². The second-order valence-corrected chi connectivity index (χ2v) is 10.8. The zero-order valence-electron chi connectivity index (χ0n) is 12.6. The van der Waals surface area contributed by atoms with Crippen molar-refractivity contribution < 1.29 is 16.8 Å². The molecule has 0 aliphatic heterocycles. The molecule has 0 fully saturated rings. The number of nitrogens with one attached hydrogen (secondary N) is 1. The second-order valence-electron chi connectivity index (χ2n) is 4.88. The van der Waals surface area contributed by atoms with Crippen LogP contribution in [0.4, 0.5) is 0 Å². The van der Waals surface area contributed by atoms with E-state index in [0.29, 0.717) is 11.1 Å². The molecule has 0 atom stereocenters. The Kier molecular flexibility index (Phi) is 7.19. The van der Waals surface area contributed by atoms with Crippen molar-refractivity contribution in [2.24, 2.45) is 0 Å². The Morgan fingerprint density at radius 1 is 0.640 bits per heavy atom. The van der Waals surface area contributed by atoms with E-state index >= 15 is 0 Å². The van der Waals surface area contributed by atoms with E-state index in [-0.39, 0.29) is 0 Å². The van der Waals surface area contributed by atoms with Gasteiger partial charge in [-0.3, -0.25) is 0 Å². The molecule has 2 aromatic carbocycles. The number of rotatable bonds is 6. The highest BCUT2D eigenvalue weighted by Gasteiger charge is 2.15. The third-order valence-electron chi connectivity index (χ3n) is 2.85. The van der Waals surface area contributed by atoms with E-state index in [1.165, 1.54) is 12.2 Å². The molecule has 0 saturated carbocycles. The van der Waals surface area contributed by atoms with Gasteiger partial charge in [-0.1, -0.05) is 24.3 Å². The summed E-state index contributed by atoms with van der Waals surface area (Å²) in [5.74, 6) is 0. The molecule has 0 aromatic heterocycles. The first-order chi connectivity index (χ1) is 11.7. The maximum Gasteiger partial charge on any atom is 0.246 e. The predicted molar refractivity (Wildman–Crippen MR) is 117 cm³/mol. The van der Waals surface area contributed by atoms with Crippen LogP contribution >= 0.6 is 45.2 Å². The molecule has 0 unspecified atom stereocenters. The molecule has 0 heterocycles. The first-order valence-corrected chi connectivity index (χ1v) is 12.1. The minimum Gasteiger partial charge on any atom is -0.207 e. The molecule has 0 aliphatic rings. The Balaban J connectivity index is 2.09. The van der Waals surface area contributed by atoms with Crippen LogP contribution in [0.3, 0.4) is 0 Å². The first kappa shape index (κ1) is 20.6. The van der Waals surface area contributed by atoms with Crippen LogP contribution < -0.4 is 4.13 Å². The molecule has 1 N–H and O–H groups in total. The summed E-state index contributed by atoms with van der Waals surface area (Å²) in [5, 5.41) is 1.65. The van der Waals surface area contributed by atoms with E-state index in [9.17, 15) is 16.8 Å². The molecular weight excluding hydrogens is 588 g/mol. The lowest BCUT2D eigenvalue weighted by molar-refractivity contribution is 0.587. The molecule has 132 valence electrons. The van der Waals surface area contributed by atoms with Gasteiger partial charge in [0.2, 0.25) is 20.0 Å². The highest BCUT2D eigenvalue weighted by molar-refractivity contribution is 14.1. The van der Waals surface area contributed by atoms with Gasteiger partial charge < -0.3 is 0 Å². The highest BCUT2D eigenvalue weighted by Crippen LogP contribution is 2.10. The molecule has 0 amide bonds. The average molecular weight is 601 g/mol. The fourth-order valence-electron chi connectivity index (χ4n) is 1.70. The van der Waals surface area contributed by atoms with Gasteiger partial charge in [-0.25, -0.2) is 16.8 Å². The molecular formula is C16H13I2NO4S2. The number of benzene rings is 2. The van der Waals surface area contributed by atoms with E-state index < -0.39 is 20.0 Å². The molecule has 0 aliphatic carbocycles. The van der Waals surface area contributed by atoms with Crippen LogP contribution in [0, 0.1) is 7.14 Å². The Labute approximate surface area is 174 Å². The van der Waals surface area contributed by atoms with Crippen molar-refractivity contribution in [2.45, 2.75) is 0 Å². The van der Waals surface area contributed by atoms with Crippen molar-refractivity contribution in [3.05, 3.63) is 77.6 Å². The van der Waals surface area contributed by atoms with Crippen LogP contribution in [0.5, 0.6) is 0 Å². The Morgan fingerprint density at radius 3 is 1.28 bits per heavy atom. The first-order valence-electron chi connectivity index (χ1n) is 6.81. The van der Waals surface area contributed by atoms with Crippen LogP contribution in [0.1, 0.15) is 11.1 Å². The van der Waals surface area contributed by atoms with Gasteiger partial charge in [0.1, 0.15) is 0 Å². The SMILES string of the molecule is O=S(=O)(C=Cc1ccc(I)cc1)NS(=O)(=O)C=Cc1ccc(I)cc1. The predicted octanol–water partition coefficient (Wildman–Crippen LogP) is 3.79. The van der Waals surface area contributed by atoms with Crippen LogP contribution in [0.2, 0.25) is 0 Å². The van der Waals surface area contributed by atoms with Gasteiger partial charge in [0.05, 0.1) is 0 Å². The largest absolute Gasteiger partial charge is 0.246 e. The van der Waals surface area contributed by atoms with Gasteiger partial charge >= 0.3 is 0 Å². The lowest BCUT2D eigenvalue weighted by Gasteiger charge is -2.01. The maximum atomic E-state index is 11.9. The molecule has 0 radical (unpaired) electrons. The third kappa shape index (κ3) is 7.56. The number of hydrogen-bond acceptors (Lipinski definition) is 4. The molecule has 25 heavy (non-hydrogen) atoms. The Morgan fingerprint density at radius 2 is 0.960 bits per heavy atom. The van der Waals surface area contributed by atoms with Crippen molar-refractivity contribution in [3.63, 3.8) is 0 Å². The monoisotopic (exact) mass is 601 g/mol. The molecule has 2 rings (SSSR count). The number of hydrogen-bond donors (Lipinski definition) is 1. The van der Waals surface area contributed by atoms with Gasteiger partial charge in [-0.05, 0) is 92.7 Å². The second kappa shape index (κ2) is 8.75. The van der Waals surface area contributed by atoms with Crippen molar-refractivity contribution in [1.82, 2.24) is 4.13 Å². The third-order valence-corrected chi connectivity index (χ3v) is 7.14. The van der Waals surface area contributed by atoms with E-state index in [2.05, 4.69) is 45.2 Å². The van der Waals surface area contributed by atoms with Crippen LogP contribution in [-0.4, -0.2) is 16.8 Å². The van der Waals surface area contributed by atoms with Gasteiger partial charge in [0.25, 0.3) is 0 Å². The smallest absolute Gasteiger partial charge is 0.207 e. The number of sulfonamides is 2. The van der Waals surface area contributed by atoms with Crippen LogP contribution in [-0.2, 0) is 20.0 Å². The van der Waals surface area contributed by atoms with E-state index in [4.69, 9.17) is 0 Å². The van der Waals surface area contributed by atoms with E-state index in [1.807, 2.05) is 24.3 Å². The molecule has 0 spiro atoms. The maximum absolute atomic E-state index is 11.9. The van der Waals surface area contributed by atoms with Crippen LogP contribution in [0.25, 0.3) is 12.2 Å². The fourth-order valence-corrected chi connectivity index (χ4v) is 4.83. The lowest BCUT2D eigenvalue weighted by atomic mass is 10.2. The minimum absolute atomic E-state index is 0.651. The van der Waals surface area contributed by atoms with E-state index in [1.54, 1.807) is 28.4 Å². The lowest BCUT2D eigenvalue weighted by Crippen LogP contribution is -2.26. The van der Waals surface area contributed by atoms with Gasteiger partial charge in [0, 0.05) is 18.0 Å². The summed E-state index contributed by atoms with van der Waals surface area (Å²) in [4.78, 5) is 0. The standard InChI is InChI=1S/C16H13I2NO4S2/c17-15-5-1-13(2-6-15)9-11-24(20,21)19-25(22,23)12-10-14-3-7-16(18)8-4-14/h1-12,19H. The van der Waals surface area contributed by atoms with Crippen molar-refractivity contribution in [1.29, 1.82) is 0 Å². The number of halogens is 2. The molecule has 9 heteroatoms. The summed E-state index contributed by atoms with van der Waals surface area (Å²) in [6.45, 7) is 0. The van der Waals surface area contributed by atoms with E-state index in [0.717, 1.165) is 18.0 Å². The van der Waals surface area contributed by atoms with Crippen molar-refractivity contribution in [2.75, 3.05) is 0 Å². The van der Waals surface area contributed by atoms with Crippen molar-refractivity contribution in [3.8, 4) is 0 Å². The quantitative estimate of drug-likeness (QED) is 0.512. The zero-order chi connectivity index (χ0) is 18.5. The zero-order valence-corrected chi connectivity index (χ0v) is 18.6. The Bertz CT molecular complexity index is 912. The fraction of sp³-hybridized carbons (Fsp3) is 0. The summed E-state index contributed by atoms with van der Waals surface area (Å²) in [6.07, 6.45) is 2.66. The van der Waals surface area contributed by atoms with Crippen molar-refractivity contribution >= 4 is 77.4 Å².